The number of nitrogens with one attached hydrogen (secondary N) is 1. The Labute approximate surface area is 200 Å². The number of alkyl carbamates (subject to hydrolysis) is 1. The molecule has 1 saturated carbocycles. The number of hydrogen-bond donors (Lipinski definition) is 2. The van der Waals surface area contributed by atoms with E-state index in [-0.39, 0.29) is 17.9 Å². The Kier molecular flexibility index (Phi) is 6.14. The second-order valence-electron chi connectivity index (χ2n) is 10.5. The van der Waals surface area contributed by atoms with Crippen molar-refractivity contribution in [3.05, 3.63) is 59.7 Å². The Balaban J connectivity index is 1.46. The maximum atomic E-state index is 13.2. The van der Waals surface area contributed by atoms with Crippen molar-refractivity contribution in [1.82, 2.24) is 10.2 Å². The summed E-state index contributed by atoms with van der Waals surface area (Å²) in [7, 11) is 1.50. The Morgan fingerprint density at radius 1 is 1.06 bits per heavy atom. The highest BCUT2D eigenvalue weighted by Gasteiger charge is 2.56. The fraction of sp³-hybridized carbons (Fsp3) is 0.444. The number of benzene rings is 2. The van der Waals surface area contributed by atoms with Crippen LogP contribution in [0.1, 0.15) is 57.1 Å². The number of hydrogen-bond acceptors (Lipinski definition) is 4. The lowest BCUT2D eigenvalue weighted by molar-refractivity contribution is -0.152. The van der Waals surface area contributed by atoms with Crippen molar-refractivity contribution in [2.75, 3.05) is 13.7 Å². The number of carbonyl (C=O) groups is 3. The normalized spacial score (nSPS) is 16.7. The minimum atomic E-state index is -1.17. The predicted molar refractivity (Wildman–Crippen MR) is 128 cm³/mol. The van der Waals surface area contributed by atoms with E-state index in [1.165, 1.54) is 11.9 Å². The molecule has 4 rings (SSSR count). The topological polar surface area (TPSA) is 95.9 Å². The molecule has 1 atom stereocenters. The van der Waals surface area contributed by atoms with E-state index >= 15 is 0 Å². The number of likely N-dealkylation sites (N-methyl/N-ethyl adjacent to an activating group) is 1. The molecule has 2 N–H and O–H groups in total. The second kappa shape index (κ2) is 8.78. The molecule has 0 aromatic heterocycles. The van der Waals surface area contributed by atoms with Crippen LogP contribution in [0.25, 0.3) is 11.1 Å². The summed E-state index contributed by atoms with van der Waals surface area (Å²) in [6.45, 7) is 6.05. The SMILES string of the molecule is CN(C(=O)C(CC(C)(C)C)NC(=O)OCC1c2ccccc2-c2ccccc21)C1(C(=O)O)CC1. The predicted octanol–water partition coefficient (Wildman–Crippen LogP) is 4.41. The second-order valence-corrected chi connectivity index (χ2v) is 10.5. The summed E-state index contributed by atoms with van der Waals surface area (Å²) >= 11 is 0. The summed E-state index contributed by atoms with van der Waals surface area (Å²) in [5.41, 5.74) is 3.05. The van der Waals surface area contributed by atoms with Gasteiger partial charge in [-0.1, -0.05) is 69.3 Å². The highest BCUT2D eigenvalue weighted by Crippen LogP contribution is 2.44. The van der Waals surface area contributed by atoms with Gasteiger partial charge in [0, 0.05) is 13.0 Å². The number of rotatable bonds is 7. The third-order valence-corrected chi connectivity index (χ3v) is 6.84. The molecule has 2 aromatic carbocycles. The van der Waals surface area contributed by atoms with Crippen LogP contribution in [0, 0.1) is 5.41 Å². The first kappa shape index (κ1) is 23.8. The molecule has 0 spiro atoms. The summed E-state index contributed by atoms with van der Waals surface area (Å²) < 4.78 is 5.63. The quantitative estimate of drug-likeness (QED) is 0.633. The molecule has 0 saturated heterocycles. The van der Waals surface area contributed by atoms with Gasteiger partial charge in [-0.3, -0.25) is 4.79 Å². The van der Waals surface area contributed by atoms with Crippen LogP contribution in [0.15, 0.2) is 48.5 Å². The lowest BCUT2D eigenvalue weighted by atomic mass is 9.87. The minimum absolute atomic E-state index is 0.0839. The molecule has 0 bridgehead atoms. The molecular formula is C27H32N2O5. The van der Waals surface area contributed by atoms with E-state index in [0.717, 1.165) is 22.3 Å². The molecule has 2 amide bonds. The van der Waals surface area contributed by atoms with Crippen LogP contribution in [0.2, 0.25) is 0 Å². The van der Waals surface area contributed by atoms with Crippen LogP contribution in [0.5, 0.6) is 0 Å². The number of carboxylic acid groups (broad SMARTS) is 1. The van der Waals surface area contributed by atoms with Crippen molar-refractivity contribution in [3.63, 3.8) is 0 Å². The summed E-state index contributed by atoms with van der Waals surface area (Å²) in [4.78, 5) is 39.0. The number of carboxylic acids is 1. The smallest absolute Gasteiger partial charge is 0.407 e. The number of aliphatic carboxylic acids is 1. The zero-order valence-corrected chi connectivity index (χ0v) is 20.1. The first-order valence-corrected chi connectivity index (χ1v) is 11.7. The van der Waals surface area contributed by atoms with Gasteiger partial charge in [0.1, 0.15) is 18.2 Å². The lowest BCUT2D eigenvalue weighted by Gasteiger charge is -2.32. The monoisotopic (exact) mass is 464 g/mol. The molecule has 7 heteroatoms. The van der Waals surface area contributed by atoms with Crippen molar-refractivity contribution in [1.29, 1.82) is 0 Å². The first-order valence-electron chi connectivity index (χ1n) is 11.7. The van der Waals surface area contributed by atoms with Gasteiger partial charge in [0.2, 0.25) is 5.91 Å². The number of carbonyl (C=O) groups excluding carboxylic acids is 2. The van der Waals surface area contributed by atoms with E-state index in [4.69, 9.17) is 4.74 Å². The van der Waals surface area contributed by atoms with Crippen molar-refractivity contribution < 1.29 is 24.2 Å². The first-order chi connectivity index (χ1) is 16.0. The molecule has 180 valence electrons. The van der Waals surface area contributed by atoms with E-state index in [0.29, 0.717) is 19.3 Å². The number of fused-ring (bicyclic) bond motifs is 3. The average molecular weight is 465 g/mol. The van der Waals surface area contributed by atoms with Gasteiger partial charge >= 0.3 is 12.1 Å². The number of amides is 2. The Bertz CT molecular complexity index is 1070. The van der Waals surface area contributed by atoms with Crippen molar-refractivity contribution in [2.45, 2.75) is 57.5 Å². The van der Waals surface area contributed by atoms with Crippen LogP contribution in [0.4, 0.5) is 4.79 Å². The van der Waals surface area contributed by atoms with Crippen molar-refractivity contribution in [2.24, 2.45) is 5.41 Å². The summed E-state index contributed by atoms with van der Waals surface area (Å²) in [5.74, 6) is -1.51. The fourth-order valence-electron chi connectivity index (χ4n) is 4.85. The van der Waals surface area contributed by atoms with Crippen LogP contribution in [-0.2, 0) is 14.3 Å². The zero-order chi connectivity index (χ0) is 24.7. The molecule has 34 heavy (non-hydrogen) atoms. The highest BCUT2D eigenvalue weighted by atomic mass is 16.5. The molecule has 0 radical (unpaired) electrons. The van der Waals surface area contributed by atoms with Crippen LogP contribution in [0.3, 0.4) is 0 Å². The molecule has 0 heterocycles. The summed E-state index contributed by atoms with van der Waals surface area (Å²) in [5, 5.41) is 12.3. The maximum Gasteiger partial charge on any atom is 0.407 e. The van der Waals surface area contributed by atoms with Gasteiger partial charge in [0.15, 0.2) is 0 Å². The average Bonchev–Trinajstić information content (AvgIpc) is 3.54. The van der Waals surface area contributed by atoms with Gasteiger partial charge in [-0.05, 0) is 46.9 Å². The van der Waals surface area contributed by atoms with Crippen LogP contribution >= 0.6 is 0 Å². The third-order valence-electron chi connectivity index (χ3n) is 6.84. The number of nitrogens with zero attached hydrogens (tertiary/aromatic N) is 1. The van der Waals surface area contributed by atoms with E-state index in [9.17, 15) is 19.5 Å². The largest absolute Gasteiger partial charge is 0.479 e. The van der Waals surface area contributed by atoms with Crippen LogP contribution in [-0.4, -0.2) is 53.2 Å². The fourth-order valence-corrected chi connectivity index (χ4v) is 4.85. The molecule has 2 aliphatic carbocycles. The molecular weight excluding hydrogens is 432 g/mol. The molecule has 2 aromatic rings. The zero-order valence-electron chi connectivity index (χ0n) is 20.1. The lowest BCUT2D eigenvalue weighted by Crippen LogP contribution is -2.54. The molecule has 2 aliphatic rings. The summed E-state index contributed by atoms with van der Waals surface area (Å²) in [6.07, 6.45) is 0.504. The van der Waals surface area contributed by atoms with E-state index in [2.05, 4.69) is 17.4 Å². The van der Waals surface area contributed by atoms with Crippen molar-refractivity contribution in [3.8, 4) is 11.1 Å². The van der Waals surface area contributed by atoms with Gasteiger partial charge in [-0.25, -0.2) is 9.59 Å². The Morgan fingerprint density at radius 2 is 1.59 bits per heavy atom. The van der Waals surface area contributed by atoms with E-state index in [1.54, 1.807) is 0 Å². The summed E-state index contributed by atoms with van der Waals surface area (Å²) in [6, 6.07) is 15.3. The molecule has 1 unspecified atom stereocenters. The van der Waals surface area contributed by atoms with Gasteiger partial charge in [0.25, 0.3) is 0 Å². The minimum Gasteiger partial charge on any atom is -0.479 e. The third kappa shape index (κ3) is 4.52. The van der Waals surface area contributed by atoms with E-state index in [1.807, 2.05) is 57.2 Å². The Hall–Kier alpha value is -3.35. The van der Waals surface area contributed by atoms with Gasteiger partial charge < -0.3 is 20.1 Å². The van der Waals surface area contributed by atoms with E-state index < -0.39 is 29.6 Å². The Morgan fingerprint density at radius 3 is 2.06 bits per heavy atom. The molecule has 0 aliphatic heterocycles. The highest BCUT2D eigenvalue weighted by molar-refractivity contribution is 5.93. The van der Waals surface area contributed by atoms with Gasteiger partial charge in [-0.2, -0.15) is 0 Å². The van der Waals surface area contributed by atoms with Gasteiger partial charge in [0.05, 0.1) is 0 Å². The van der Waals surface area contributed by atoms with Crippen molar-refractivity contribution >= 4 is 18.0 Å². The van der Waals surface area contributed by atoms with Crippen LogP contribution < -0.4 is 5.32 Å². The molecule has 7 nitrogen and oxygen atoms in total. The van der Waals surface area contributed by atoms with Gasteiger partial charge in [-0.15, -0.1) is 0 Å². The number of ether oxygens (including phenoxy) is 1. The standard InChI is InChI=1S/C27H32N2O5/c1-26(2,3)15-22(23(30)29(4)27(13-14-27)24(31)32)28-25(33)34-16-21-19-11-7-5-9-17(19)18-10-6-8-12-20(18)21/h5-12,21-22H,13-16H2,1-4H3,(H,28,33)(H,31,32). The molecule has 1 fully saturated rings. The maximum absolute atomic E-state index is 13.2.